The van der Waals surface area contributed by atoms with Crippen molar-refractivity contribution in [2.75, 3.05) is 0 Å². The van der Waals surface area contributed by atoms with Crippen LogP contribution in [0.1, 0.15) is 21.4 Å². The van der Waals surface area contributed by atoms with Crippen LogP contribution in [0.25, 0.3) is 0 Å². The van der Waals surface area contributed by atoms with Crippen LogP contribution in [0.5, 0.6) is 0 Å². The third-order valence-electron chi connectivity index (χ3n) is 2.52. The van der Waals surface area contributed by atoms with Crippen molar-refractivity contribution in [2.45, 2.75) is 13.0 Å². The van der Waals surface area contributed by atoms with Crippen LogP contribution in [-0.2, 0) is 0 Å². The van der Waals surface area contributed by atoms with Crippen molar-refractivity contribution in [1.29, 1.82) is 0 Å². The predicted octanol–water partition coefficient (Wildman–Crippen LogP) is 4.28. The molecule has 0 aliphatic rings. The van der Waals surface area contributed by atoms with Gasteiger partial charge in [0.2, 0.25) is 0 Å². The fourth-order valence-corrected chi connectivity index (χ4v) is 3.55. The Balaban J connectivity index is 2.49. The Bertz CT molecular complexity index is 597. The molecule has 1 nitrogen and oxygen atoms in total. The summed E-state index contributed by atoms with van der Waals surface area (Å²) in [5.74, 6) is -3.95. The van der Waals surface area contributed by atoms with Gasteiger partial charge in [-0.25, -0.2) is 13.2 Å². The summed E-state index contributed by atoms with van der Waals surface area (Å²) in [6.45, 7) is 1.88. The molecule has 0 bridgehead atoms. The van der Waals surface area contributed by atoms with E-state index in [9.17, 15) is 13.2 Å². The predicted molar refractivity (Wildman–Crippen MR) is 69.1 cm³/mol. The molecule has 2 N–H and O–H groups in total. The molecule has 96 valence electrons. The third kappa shape index (κ3) is 2.32. The number of nitrogens with two attached hydrogens (primary N) is 1. The third-order valence-corrected chi connectivity index (χ3v) is 4.57. The molecule has 0 saturated carbocycles. The topological polar surface area (TPSA) is 26.0 Å². The van der Waals surface area contributed by atoms with Gasteiger partial charge in [0.25, 0.3) is 0 Å². The molecule has 1 aromatic heterocycles. The smallest absolute Gasteiger partial charge is 0.194 e. The zero-order valence-electron chi connectivity index (χ0n) is 9.31. The fraction of sp³-hybridized carbons (Fsp3) is 0.167. The lowest BCUT2D eigenvalue weighted by Gasteiger charge is -2.12. The van der Waals surface area contributed by atoms with Crippen LogP contribution in [0.3, 0.4) is 0 Å². The molecule has 1 atom stereocenters. The Hall–Kier alpha value is -0.850. The summed E-state index contributed by atoms with van der Waals surface area (Å²) in [5, 5.41) is 0. The average Bonchev–Trinajstić information content (AvgIpc) is 2.65. The van der Waals surface area contributed by atoms with E-state index in [1.165, 1.54) is 17.4 Å². The molecule has 0 aliphatic heterocycles. The second kappa shape index (κ2) is 5.03. The van der Waals surface area contributed by atoms with Crippen LogP contribution in [0.2, 0.25) is 0 Å². The van der Waals surface area contributed by atoms with Gasteiger partial charge in [-0.05, 0) is 35.0 Å². The Morgan fingerprint density at radius 2 is 1.89 bits per heavy atom. The summed E-state index contributed by atoms with van der Waals surface area (Å²) in [7, 11) is 0. The number of rotatable bonds is 2. The van der Waals surface area contributed by atoms with Gasteiger partial charge in [-0.2, -0.15) is 0 Å². The van der Waals surface area contributed by atoms with Gasteiger partial charge in [-0.3, -0.25) is 0 Å². The van der Waals surface area contributed by atoms with E-state index in [1.807, 2.05) is 13.0 Å². The molecule has 0 fully saturated rings. The molecular formula is C12H9BrF3NS. The van der Waals surface area contributed by atoms with E-state index < -0.39 is 23.5 Å². The molecule has 0 spiro atoms. The van der Waals surface area contributed by atoms with Gasteiger partial charge >= 0.3 is 0 Å². The zero-order valence-corrected chi connectivity index (χ0v) is 11.7. The summed E-state index contributed by atoms with van der Waals surface area (Å²) < 4.78 is 40.4. The summed E-state index contributed by atoms with van der Waals surface area (Å²) >= 11 is 4.69. The molecule has 18 heavy (non-hydrogen) atoms. The highest BCUT2D eigenvalue weighted by Gasteiger charge is 2.22. The lowest BCUT2D eigenvalue weighted by Crippen LogP contribution is -2.14. The highest BCUT2D eigenvalue weighted by Crippen LogP contribution is 2.35. The number of hydrogen-bond donors (Lipinski definition) is 1. The fourth-order valence-electron chi connectivity index (χ4n) is 1.64. The highest BCUT2D eigenvalue weighted by atomic mass is 79.9. The maximum absolute atomic E-state index is 13.6. The minimum atomic E-state index is -1.49. The Labute approximate surface area is 115 Å². The largest absolute Gasteiger partial charge is 0.319 e. The van der Waals surface area contributed by atoms with Gasteiger partial charge in [-0.1, -0.05) is 6.07 Å². The van der Waals surface area contributed by atoms with Crippen molar-refractivity contribution in [2.24, 2.45) is 5.73 Å². The molecule has 1 heterocycles. The van der Waals surface area contributed by atoms with Gasteiger partial charge in [0.05, 0.1) is 6.04 Å². The second-order valence-corrected chi connectivity index (χ2v) is 5.95. The number of aryl methyl sites for hydroxylation is 1. The van der Waals surface area contributed by atoms with E-state index in [-0.39, 0.29) is 5.56 Å². The summed E-state index contributed by atoms with van der Waals surface area (Å²) in [4.78, 5) is 1.67. The number of thiophene rings is 1. The summed E-state index contributed by atoms with van der Waals surface area (Å²) in [6.07, 6.45) is 0. The Kier molecular flexibility index (Phi) is 3.79. The van der Waals surface area contributed by atoms with Crippen LogP contribution in [0.15, 0.2) is 22.7 Å². The van der Waals surface area contributed by atoms with Crippen LogP contribution in [0.4, 0.5) is 13.2 Å². The Morgan fingerprint density at radius 1 is 1.22 bits per heavy atom. The van der Waals surface area contributed by atoms with Gasteiger partial charge in [-0.15, -0.1) is 11.3 Å². The van der Waals surface area contributed by atoms with Crippen molar-refractivity contribution in [3.05, 3.63) is 55.4 Å². The average molecular weight is 336 g/mol. The minimum Gasteiger partial charge on any atom is -0.319 e. The van der Waals surface area contributed by atoms with E-state index in [2.05, 4.69) is 15.9 Å². The molecular weight excluding hydrogens is 327 g/mol. The molecule has 2 rings (SSSR count). The summed E-state index contributed by atoms with van der Waals surface area (Å²) in [5.41, 5.74) is 5.84. The zero-order chi connectivity index (χ0) is 13.4. The normalized spacial score (nSPS) is 12.8. The lowest BCUT2D eigenvalue weighted by molar-refractivity contribution is 0.439. The molecule has 0 saturated heterocycles. The molecule has 2 aromatic rings. The van der Waals surface area contributed by atoms with Gasteiger partial charge in [0.1, 0.15) is 0 Å². The van der Waals surface area contributed by atoms with Gasteiger partial charge in [0.15, 0.2) is 17.5 Å². The molecule has 0 radical (unpaired) electrons. The van der Waals surface area contributed by atoms with Crippen LogP contribution < -0.4 is 5.73 Å². The van der Waals surface area contributed by atoms with E-state index in [0.717, 1.165) is 15.4 Å². The quantitative estimate of drug-likeness (QED) is 0.814. The van der Waals surface area contributed by atoms with Gasteiger partial charge in [0, 0.05) is 19.8 Å². The molecule has 0 amide bonds. The van der Waals surface area contributed by atoms with E-state index in [0.29, 0.717) is 4.88 Å². The number of hydrogen-bond acceptors (Lipinski definition) is 2. The van der Waals surface area contributed by atoms with Crippen molar-refractivity contribution < 1.29 is 13.2 Å². The maximum Gasteiger partial charge on any atom is 0.194 e. The Morgan fingerprint density at radius 3 is 2.44 bits per heavy atom. The van der Waals surface area contributed by atoms with Crippen LogP contribution >= 0.6 is 27.3 Å². The molecule has 0 aliphatic carbocycles. The van der Waals surface area contributed by atoms with Crippen LogP contribution in [0, 0.1) is 24.4 Å². The summed E-state index contributed by atoms with van der Waals surface area (Å²) in [6, 6.07) is 3.06. The maximum atomic E-state index is 13.6. The van der Waals surface area contributed by atoms with Crippen LogP contribution in [-0.4, -0.2) is 0 Å². The first-order chi connectivity index (χ1) is 8.41. The molecule has 6 heteroatoms. The second-order valence-electron chi connectivity index (χ2n) is 3.81. The van der Waals surface area contributed by atoms with E-state index in [1.54, 1.807) is 0 Å². The van der Waals surface area contributed by atoms with E-state index >= 15 is 0 Å². The van der Waals surface area contributed by atoms with Crippen molar-refractivity contribution in [3.63, 3.8) is 0 Å². The number of benzene rings is 1. The molecule has 1 aromatic carbocycles. The first-order valence-corrected chi connectivity index (χ1v) is 6.67. The SMILES string of the molecule is Cc1cc(Br)c(C(N)c2ccc(F)c(F)c2F)s1. The van der Waals surface area contributed by atoms with E-state index in [4.69, 9.17) is 5.73 Å². The van der Waals surface area contributed by atoms with Gasteiger partial charge < -0.3 is 5.73 Å². The monoisotopic (exact) mass is 335 g/mol. The minimum absolute atomic E-state index is 0.0588. The van der Waals surface area contributed by atoms with Crippen molar-refractivity contribution in [3.8, 4) is 0 Å². The lowest BCUT2D eigenvalue weighted by atomic mass is 10.1. The highest BCUT2D eigenvalue weighted by molar-refractivity contribution is 9.10. The number of halogens is 4. The first-order valence-electron chi connectivity index (χ1n) is 5.06. The standard InChI is InChI=1S/C12H9BrF3NS/c1-5-4-7(13)12(18-5)11(17)6-2-3-8(14)10(16)9(6)15/h2-4,11H,17H2,1H3. The van der Waals surface area contributed by atoms with Crippen molar-refractivity contribution in [1.82, 2.24) is 0 Å². The van der Waals surface area contributed by atoms with Crippen molar-refractivity contribution >= 4 is 27.3 Å². The molecule has 1 unspecified atom stereocenters. The first kappa shape index (κ1) is 13.6.